The normalized spacial score (nSPS) is 17.1. The van der Waals surface area contributed by atoms with E-state index in [1.54, 1.807) is 6.92 Å². The van der Waals surface area contributed by atoms with Gasteiger partial charge in [0.1, 0.15) is 12.6 Å². The lowest BCUT2D eigenvalue weighted by Crippen LogP contribution is -2.41. The smallest absolute Gasteiger partial charge is 0.416 e. The quantitative estimate of drug-likeness (QED) is 0.479. The second-order valence-electron chi connectivity index (χ2n) is 4.45. The molecule has 0 unspecified atom stereocenters. The number of imide groups is 1. The first-order valence-corrected chi connectivity index (χ1v) is 6.22. The number of cyclic esters (lactones) is 1. The summed E-state index contributed by atoms with van der Waals surface area (Å²) in [6.07, 6.45) is -0.687. The van der Waals surface area contributed by atoms with E-state index in [4.69, 9.17) is 10.3 Å². The van der Waals surface area contributed by atoms with Crippen LogP contribution in [0.5, 0.6) is 0 Å². The van der Waals surface area contributed by atoms with Crippen LogP contribution in [0.3, 0.4) is 0 Å². The summed E-state index contributed by atoms with van der Waals surface area (Å²) in [7, 11) is 0. The van der Waals surface area contributed by atoms with Crippen LogP contribution >= 0.6 is 0 Å². The third-order valence-corrected chi connectivity index (χ3v) is 3.25. The molecule has 2 atom stereocenters. The number of benzene rings is 1. The molecule has 0 saturated carbocycles. The maximum absolute atomic E-state index is 12.3. The molecule has 1 saturated heterocycles. The summed E-state index contributed by atoms with van der Waals surface area (Å²) in [6, 6.07) is 8.27. The Kier molecular flexibility index (Phi) is 4.22. The van der Waals surface area contributed by atoms with E-state index in [1.165, 1.54) is 0 Å². The maximum Gasteiger partial charge on any atom is 0.416 e. The zero-order chi connectivity index (χ0) is 14.5. The minimum atomic E-state index is -0.965. The number of hydrogen-bond acceptors (Lipinski definition) is 4. The van der Waals surface area contributed by atoms with Crippen LogP contribution < -0.4 is 0 Å². The highest BCUT2D eigenvalue weighted by Gasteiger charge is 2.36. The van der Waals surface area contributed by atoms with Crippen molar-refractivity contribution in [3.8, 4) is 0 Å². The van der Waals surface area contributed by atoms with Gasteiger partial charge in [0, 0.05) is 4.91 Å². The summed E-state index contributed by atoms with van der Waals surface area (Å²) >= 11 is 0. The van der Waals surface area contributed by atoms with Gasteiger partial charge in [-0.05, 0) is 17.0 Å². The molecule has 1 aliphatic heterocycles. The first-order chi connectivity index (χ1) is 9.65. The first-order valence-electron chi connectivity index (χ1n) is 6.22. The molecule has 104 valence electrons. The van der Waals surface area contributed by atoms with Gasteiger partial charge in [-0.15, -0.1) is 0 Å². The average molecular weight is 274 g/mol. The molecule has 0 radical (unpaired) electrons. The van der Waals surface area contributed by atoms with Crippen molar-refractivity contribution in [2.45, 2.75) is 18.9 Å². The van der Waals surface area contributed by atoms with Crippen LogP contribution in [0.25, 0.3) is 10.4 Å². The lowest BCUT2D eigenvalue weighted by Gasteiger charge is -2.22. The Labute approximate surface area is 115 Å². The Bertz CT molecular complexity index is 554. The van der Waals surface area contributed by atoms with Gasteiger partial charge in [0.25, 0.3) is 0 Å². The lowest BCUT2D eigenvalue weighted by molar-refractivity contribution is -0.129. The Balaban J connectivity index is 2.25. The van der Waals surface area contributed by atoms with Gasteiger partial charge in [0.2, 0.25) is 5.91 Å². The van der Waals surface area contributed by atoms with E-state index in [0.717, 1.165) is 10.5 Å². The number of hydrogen-bond donors (Lipinski definition) is 0. The molecular weight excluding hydrogens is 260 g/mol. The van der Waals surface area contributed by atoms with Gasteiger partial charge in [-0.25, -0.2) is 9.69 Å². The molecule has 0 spiro atoms. The van der Waals surface area contributed by atoms with Crippen LogP contribution in [0.2, 0.25) is 0 Å². The number of ether oxygens (including phenoxy) is 1. The summed E-state index contributed by atoms with van der Waals surface area (Å²) in [5.41, 5.74) is 9.53. The molecule has 1 fully saturated rings. The van der Waals surface area contributed by atoms with Crippen LogP contribution in [0.1, 0.15) is 18.4 Å². The highest BCUT2D eigenvalue weighted by atomic mass is 16.6. The van der Waals surface area contributed by atoms with Gasteiger partial charge in [0.15, 0.2) is 0 Å². The van der Waals surface area contributed by atoms with E-state index in [0.29, 0.717) is 0 Å². The van der Waals surface area contributed by atoms with E-state index in [9.17, 15) is 9.59 Å². The number of carbonyl (C=O) groups is 2. The fourth-order valence-electron chi connectivity index (χ4n) is 2.11. The molecule has 1 heterocycles. The molecule has 0 aliphatic carbocycles. The van der Waals surface area contributed by atoms with Gasteiger partial charge in [-0.1, -0.05) is 42.4 Å². The number of nitrogens with zero attached hydrogens (tertiary/aromatic N) is 4. The standard InChI is InChI=1S/C13H14N4O3/c1-9(10-5-3-2-4-6-10)11(15-16-14)12(18)17-7-8-20-13(17)19/h2-6,9,11H,7-8H2,1H3/t9-,11-/m1/s1. The van der Waals surface area contributed by atoms with Crippen LogP contribution in [-0.2, 0) is 9.53 Å². The van der Waals surface area contributed by atoms with Crippen molar-refractivity contribution in [1.82, 2.24) is 4.90 Å². The Morgan fingerprint density at radius 3 is 2.70 bits per heavy atom. The average Bonchev–Trinajstić information content (AvgIpc) is 2.90. The Morgan fingerprint density at radius 1 is 1.45 bits per heavy atom. The SMILES string of the molecule is C[C@H](c1ccccc1)[C@@H](N=[N+]=[N-])C(=O)N1CCOC1=O. The van der Waals surface area contributed by atoms with Crippen LogP contribution in [0.4, 0.5) is 4.79 Å². The second-order valence-corrected chi connectivity index (χ2v) is 4.45. The van der Waals surface area contributed by atoms with Crippen LogP contribution in [0, 0.1) is 0 Å². The number of carbonyl (C=O) groups excluding carboxylic acids is 2. The first kappa shape index (κ1) is 13.9. The van der Waals surface area contributed by atoms with E-state index in [-0.39, 0.29) is 19.1 Å². The number of rotatable bonds is 4. The van der Waals surface area contributed by atoms with Gasteiger partial charge in [0.05, 0.1) is 6.54 Å². The molecule has 1 aromatic carbocycles. The summed E-state index contributed by atoms with van der Waals surface area (Å²) in [5.74, 6) is -0.852. The molecule has 0 bridgehead atoms. The molecule has 20 heavy (non-hydrogen) atoms. The summed E-state index contributed by atoms with van der Waals surface area (Å²) in [4.78, 5) is 27.5. The van der Waals surface area contributed by atoms with Crippen LogP contribution in [-0.4, -0.2) is 36.1 Å². The van der Waals surface area contributed by atoms with Crippen molar-refractivity contribution in [3.05, 3.63) is 46.3 Å². The van der Waals surface area contributed by atoms with Gasteiger partial charge in [-0.3, -0.25) is 4.79 Å². The minimum Gasteiger partial charge on any atom is -0.447 e. The molecule has 0 aromatic heterocycles. The van der Waals surface area contributed by atoms with Gasteiger partial charge >= 0.3 is 6.09 Å². The molecule has 7 heteroatoms. The summed E-state index contributed by atoms with van der Waals surface area (Å²) in [5, 5.41) is 3.56. The Morgan fingerprint density at radius 2 is 2.15 bits per heavy atom. The Hall–Kier alpha value is -2.53. The van der Waals surface area contributed by atoms with E-state index in [2.05, 4.69) is 10.0 Å². The largest absolute Gasteiger partial charge is 0.447 e. The van der Waals surface area contributed by atoms with E-state index in [1.807, 2.05) is 30.3 Å². The van der Waals surface area contributed by atoms with Crippen LogP contribution in [0.15, 0.2) is 35.4 Å². The highest BCUT2D eigenvalue weighted by molar-refractivity contribution is 5.96. The van der Waals surface area contributed by atoms with E-state index >= 15 is 0 Å². The fraction of sp³-hybridized carbons (Fsp3) is 0.385. The predicted octanol–water partition coefficient (Wildman–Crippen LogP) is 2.45. The van der Waals surface area contributed by atoms with Gasteiger partial charge in [-0.2, -0.15) is 0 Å². The minimum absolute atomic E-state index is 0.174. The fourth-order valence-corrected chi connectivity index (χ4v) is 2.11. The topological polar surface area (TPSA) is 95.4 Å². The van der Waals surface area contributed by atoms with Crippen molar-refractivity contribution in [2.75, 3.05) is 13.2 Å². The van der Waals surface area contributed by atoms with Crippen molar-refractivity contribution in [3.63, 3.8) is 0 Å². The monoisotopic (exact) mass is 274 g/mol. The van der Waals surface area contributed by atoms with Crippen molar-refractivity contribution < 1.29 is 14.3 Å². The molecule has 1 aliphatic rings. The van der Waals surface area contributed by atoms with Gasteiger partial charge < -0.3 is 4.74 Å². The maximum atomic E-state index is 12.3. The lowest BCUT2D eigenvalue weighted by atomic mass is 9.93. The van der Waals surface area contributed by atoms with Crippen molar-refractivity contribution in [1.29, 1.82) is 0 Å². The molecular formula is C13H14N4O3. The molecule has 7 nitrogen and oxygen atoms in total. The highest BCUT2D eigenvalue weighted by Crippen LogP contribution is 2.24. The summed E-state index contributed by atoms with van der Waals surface area (Å²) < 4.78 is 4.73. The molecule has 0 N–H and O–H groups in total. The molecule has 1 aromatic rings. The summed E-state index contributed by atoms with van der Waals surface area (Å²) in [6.45, 7) is 2.15. The third kappa shape index (κ3) is 2.73. The third-order valence-electron chi connectivity index (χ3n) is 3.25. The number of amides is 2. The molecule has 2 amide bonds. The molecule has 2 rings (SSSR count). The second kappa shape index (κ2) is 6.08. The van der Waals surface area contributed by atoms with Crippen molar-refractivity contribution >= 4 is 12.0 Å². The number of azide groups is 1. The zero-order valence-corrected chi connectivity index (χ0v) is 11.0. The van der Waals surface area contributed by atoms with E-state index < -0.39 is 18.0 Å². The van der Waals surface area contributed by atoms with Crippen molar-refractivity contribution in [2.24, 2.45) is 5.11 Å². The zero-order valence-electron chi connectivity index (χ0n) is 11.0. The predicted molar refractivity (Wildman–Crippen MR) is 70.9 cm³/mol.